The number of carbonyl (C=O) groups excluding carboxylic acids is 1. The predicted octanol–water partition coefficient (Wildman–Crippen LogP) is 5.49. The van der Waals surface area contributed by atoms with Crippen molar-refractivity contribution >= 4 is 38.8 Å². The Bertz CT molecular complexity index is 1020. The van der Waals surface area contributed by atoms with E-state index in [1.807, 2.05) is 25.1 Å². The van der Waals surface area contributed by atoms with Gasteiger partial charge in [0.15, 0.2) is 0 Å². The monoisotopic (exact) mass is 448 g/mol. The van der Waals surface area contributed by atoms with Gasteiger partial charge in [-0.15, -0.1) is 11.3 Å². The van der Waals surface area contributed by atoms with Gasteiger partial charge in [-0.3, -0.25) is 9.69 Å². The smallest absolute Gasteiger partial charge is 0.241 e. The number of carbonyl (C=O) groups is 1. The largest absolute Gasteiger partial charge is 0.372 e. The topological polar surface area (TPSA) is 48.5 Å². The molecule has 3 aromatic rings. The van der Waals surface area contributed by atoms with Gasteiger partial charge in [0.05, 0.1) is 21.3 Å². The van der Waals surface area contributed by atoms with Crippen LogP contribution < -0.4 is 10.2 Å². The summed E-state index contributed by atoms with van der Waals surface area (Å²) in [4.78, 5) is 22.6. The maximum absolute atomic E-state index is 13.0. The summed E-state index contributed by atoms with van der Waals surface area (Å²) in [5, 5.41) is 4.34. The maximum Gasteiger partial charge on any atom is 0.241 e. The molecule has 0 radical (unpaired) electrons. The Balaban J connectivity index is 1.20. The molecule has 5 rings (SSSR count). The van der Waals surface area contributed by atoms with Crippen molar-refractivity contribution in [1.82, 2.24) is 9.88 Å². The first-order valence-corrected chi connectivity index (χ1v) is 12.7. The van der Waals surface area contributed by atoms with E-state index < -0.39 is 0 Å². The molecule has 168 valence electrons. The van der Waals surface area contributed by atoms with Crippen molar-refractivity contribution in [2.75, 3.05) is 36.4 Å². The van der Waals surface area contributed by atoms with Crippen LogP contribution in [-0.4, -0.2) is 48.0 Å². The lowest BCUT2D eigenvalue weighted by atomic mass is 9.97. The lowest BCUT2D eigenvalue weighted by Crippen LogP contribution is -2.46. The number of benzene rings is 2. The quantitative estimate of drug-likeness (QED) is 0.560. The Morgan fingerprint density at radius 3 is 2.59 bits per heavy atom. The summed E-state index contributed by atoms with van der Waals surface area (Å²) in [7, 11) is 0. The van der Waals surface area contributed by atoms with Crippen molar-refractivity contribution in [3.05, 3.63) is 53.5 Å². The van der Waals surface area contributed by atoms with Crippen LogP contribution in [-0.2, 0) is 4.79 Å². The number of hydrogen-bond acceptors (Lipinski definition) is 5. The van der Waals surface area contributed by atoms with Gasteiger partial charge in [-0.05, 0) is 82.0 Å². The van der Waals surface area contributed by atoms with Crippen molar-refractivity contribution in [2.45, 2.75) is 51.0 Å². The Kier molecular flexibility index (Phi) is 6.42. The molecular formula is C26H32N4OS. The molecule has 1 N–H and O–H groups in total. The average molecular weight is 449 g/mol. The third kappa shape index (κ3) is 4.66. The second kappa shape index (κ2) is 9.59. The van der Waals surface area contributed by atoms with Crippen molar-refractivity contribution in [3.8, 4) is 0 Å². The molecular weight excluding hydrogens is 416 g/mol. The highest BCUT2D eigenvalue weighted by Crippen LogP contribution is 2.33. The third-order valence-electron chi connectivity index (χ3n) is 6.90. The van der Waals surface area contributed by atoms with Crippen LogP contribution in [0.15, 0.2) is 48.5 Å². The Morgan fingerprint density at radius 1 is 1.03 bits per heavy atom. The highest BCUT2D eigenvalue weighted by molar-refractivity contribution is 7.18. The lowest BCUT2D eigenvalue weighted by molar-refractivity contribution is -0.121. The molecule has 1 amide bonds. The summed E-state index contributed by atoms with van der Waals surface area (Å²) in [6, 6.07) is 16.5. The summed E-state index contributed by atoms with van der Waals surface area (Å²) >= 11 is 1.80. The van der Waals surface area contributed by atoms with Crippen LogP contribution in [0.2, 0.25) is 0 Å². The Hall–Kier alpha value is -2.44. The Morgan fingerprint density at radius 2 is 1.81 bits per heavy atom. The molecule has 2 saturated heterocycles. The molecule has 3 heterocycles. The molecule has 2 atom stereocenters. The minimum atomic E-state index is -0.158. The molecule has 0 unspecified atom stereocenters. The number of amides is 1. The van der Waals surface area contributed by atoms with Crippen molar-refractivity contribution in [3.63, 3.8) is 0 Å². The first kappa shape index (κ1) is 21.4. The van der Waals surface area contributed by atoms with Gasteiger partial charge in [-0.1, -0.05) is 12.1 Å². The molecule has 2 aromatic carbocycles. The van der Waals surface area contributed by atoms with Crippen LogP contribution >= 0.6 is 11.3 Å². The van der Waals surface area contributed by atoms with E-state index in [-0.39, 0.29) is 11.9 Å². The molecule has 0 saturated carbocycles. The van der Waals surface area contributed by atoms with Gasteiger partial charge in [-0.25, -0.2) is 4.98 Å². The second-order valence-electron chi connectivity index (χ2n) is 9.11. The van der Waals surface area contributed by atoms with Crippen LogP contribution in [0.5, 0.6) is 0 Å². The fraction of sp³-hybridized carbons (Fsp3) is 0.462. The summed E-state index contributed by atoms with van der Waals surface area (Å²) in [6.07, 6.45) is 6.11. The number of thiazole rings is 1. The average Bonchev–Trinajstić information content (AvgIpc) is 3.29. The van der Waals surface area contributed by atoms with Crippen LogP contribution in [0.3, 0.4) is 0 Å². The molecule has 0 spiro atoms. The Labute approximate surface area is 194 Å². The van der Waals surface area contributed by atoms with Crippen molar-refractivity contribution < 1.29 is 4.79 Å². The van der Waals surface area contributed by atoms with Gasteiger partial charge in [0.25, 0.3) is 0 Å². The number of aromatic nitrogens is 1. The normalized spacial score (nSPS) is 20.9. The van der Waals surface area contributed by atoms with Gasteiger partial charge in [0.1, 0.15) is 0 Å². The van der Waals surface area contributed by atoms with Crippen LogP contribution in [0.1, 0.15) is 50.0 Å². The first-order valence-electron chi connectivity index (χ1n) is 11.9. The molecule has 2 fully saturated rings. The summed E-state index contributed by atoms with van der Waals surface area (Å²) < 4.78 is 1.25. The zero-order valence-corrected chi connectivity index (χ0v) is 19.6. The summed E-state index contributed by atoms with van der Waals surface area (Å²) in [5.41, 5.74) is 3.22. The number of rotatable bonds is 5. The molecule has 5 nitrogen and oxygen atoms in total. The van der Waals surface area contributed by atoms with Crippen LogP contribution in [0.25, 0.3) is 10.2 Å². The summed E-state index contributed by atoms with van der Waals surface area (Å²) in [5.74, 6) is 0.473. The highest BCUT2D eigenvalue weighted by atomic mass is 32.1. The van der Waals surface area contributed by atoms with E-state index in [2.05, 4.69) is 45.4 Å². The third-order valence-corrected chi connectivity index (χ3v) is 8.09. The van der Waals surface area contributed by atoms with Crippen LogP contribution in [0, 0.1) is 0 Å². The lowest BCUT2D eigenvalue weighted by Gasteiger charge is -2.35. The fourth-order valence-corrected chi connectivity index (χ4v) is 6.04. The highest BCUT2D eigenvalue weighted by Gasteiger charge is 2.29. The zero-order chi connectivity index (χ0) is 21.9. The molecule has 2 aliphatic heterocycles. The van der Waals surface area contributed by atoms with E-state index in [0.717, 1.165) is 50.2 Å². The summed E-state index contributed by atoms with van der Waals surface area (Å²) in [6.45, 7) is 6.14. The SMILES string of the molecule is C[C@@H](C(=O)Nc1ccc(N2CCCCC2)cc1)N1CCC[C@@H](c2nc3ccccc3s2)C1. The molecule has 2 aliphatic rings. The zero-order valence-electron chi connectivity index (χ0n) is 18.8. The second-order valence-corrected chi connectivity index (χ2v) is 10.2. The number of likely N-dealkylation sites (tertiary alicyclic amines) is 1. The number of para-hydroxylation sites is 1. The van der Waals surface area contributed by atoms with E-state index in [9.17, 15) is 4.79 Å². The van der Waals surface area contributed by atoms with E-state index in [4.69, 9.17) is 4.98 Å². The number of fused-ring (bicyclic) bond motifs is 1. The predicted molar refractivity (Wildman–Crippen MR) is 134 cm³/mol. The number of nitrogens with zero attached hydrogens (tertiary/aromatic N) is 3. The first-order chi connectivity index (χ1) is 15.7. The fourth-order valence-electron chi connectivity index (χ4n) is 4.94. The molecule has 0 aliphatic carbocycles. The van der Waals surface area contributed by atoms with Crippen molar-refractivity contribution in [2.24, 2.45) is 0 Å². The van der Waals surface area contributed by atoms with Gasteiger partial charge < -0.3 is 10.2 Å². The molecule has 0 bridgehead atoms. The van der Waals surface area contributed by atoms with E-state index in [0.29, 0.717) is 5.92 Å². The van der Waals surface area contributed by atoms with Gasteiger partial charge in [-0.2, -0.15) is 0 Å². The maximum atomic E-state index is 13.0. The number of piperidine rings is 2. The van der Waals surface area contributed by atoms with Crippen molar-refractivity contribution in [1.29, 1.82) is 0 Å². The number of hydrogen-bond donors (Lipinski definition) is 1. The number of anilines is 2. The van der Waals surface area contributed by atoms with Crippen LogP contribution in [0.4, 0.5) is 11.4 Å². The van der Waals surface area contributed by atoms with E-state index in [1.165, 1.54) is 34.7 Å². The number of nitrogens with one attached hydrogen (secondary N) is 1. The van der Waals surface area contributed by atoms with Gasteiger partial charge in [0.2, 0.25) is 5.91 Å². The van der Waals surface area contributed by atoms with Gasteiger partial charge >= 0.3 is 0 Å². The van der Waals surface area contributed by atoms with E-state index in [1.54, 1.807) is 11.3 Å². The standard InChI is InChI=1S/C26H32N4OS/c1-19(25(31)27-21-11-13-22(14-12-21)29-15-5-2-6-16-29)30-17-7-8-20(18-30)26-28-23-9-3-4-10-24(23)32-26/h3-4,9-14,19-20H,2,5-8,15-18H2,1H3,(H,27,31)/t19-,20+/m0/s1. The van der Waals surface area contributed by atoms with Gasteiger partial charge in [0, 0.05) is 36.9 Å². The molecule has 6 heteroatoms. The van der Waals surface area contributed by atoms with E-state index >= 15 is 0 Å². The molecule has 32 heavy (non-hydrogen) atoms. The molecule has 1 aromatic heterocycles. The minimum absolute atomic E-state index is 0.0701. The minimum Gasteiger partial charge on any atom is -0.372 e.